The number of hydrogen-bond donors (Lipinski definition) is 0. The van der Waals surface area contributed by atoms with Crippen LogP contribution in [0.3, 0.4) is 0 Å². The van der Waals surface area contributed by atoms with E-state index in [0.29, 0.717) is 5.95 Å². The summed E-state index contributed by atoms with van der Waals surface area (Å²) in [6.07, 6.45) is 0. The van der Waals surface area contributed by atoms with E-state index in [9.17, 15) is 0 Å². The number of fused-ring (bicyclic) bond motifs is 7. The van der Waals surface area contributed by atoms with Crippen molar-refractivity contribution in [2.75, 3.05) is 0 Å². The smallest absolute Gasteiger partial charge is 0.235 e. The van der Waals surface area contributed by atoms with Crippen molar-refractivity contribution >= 4 is 81.6 Å². The van der Waals surface area contributed by atoms with Gasteiger partial charge in [0, 0.05) is 43.4 Å². The molecular formula is C48H28N4. The quantitative estimate of drug-likeness (QED) is 0.177. The van der Waals surface area contributed by atoms with E-state index in [0.717, 1.165) is 44.3 Å². The normalized spacial score (nSPS) is 12.2. The van der Waals surface area contributed by atoms with E-state index in [1.54, 1.807) is 0 Å². The maximum absolute atomic E-state index is 5.60. The largest absolute Gasteiger partial charge is 0.308 e. The summed E-state index contributed by atoms with van der Waals surface area (Å²) in [5.41, 5.74) is 11.0. The zero-order valence-electron chi connectivity index (χ0n) is 28.0. The molecule has 4 heterocycles. The molecule has 240 valence electrons. The topological polar surface area (TPSA) is 35.1 Å². The molecule has 0 atom stereocenters. The third-order valence-corrected chi connectivity index (χ3v) is 11.0. The molecule has 0 aliphatic heterocycles. The number of benzene rings is 8. The van der Waals surface area contributed by atoms with Crippen molar-refractivity contribution in [3.05, 3.63) is 170 Å². The Morgan fingerprint density at radius 1 is 0.385 bits per heavy atom. The summed E-state index contributed by atoms with van der Waals surface area (Å²) in [4.78, 5) is 11.1. The lowest BCUT2D eigenvalue weighted by molar-refractivity contribution is 1.01. The highest BCUT2D eigenvalue weighted by Crippen LogP contribution is 2.45. The zero-order valence-corrected chi connectivity index (χ0v) is 28.0. The van der Waals surface area contributed by atoms with Gasteiger partial charge in [-0.1, -0.05) is 140 Å². The van der Waals surface area contributed by atoms with Crippen molar-refractivity contribution in [3.8, 4) is 28.3 Å². The van der Waals surface area contributed by atoms with Crippen LogP contribution in [0.4, 0.5) is 0 Å². The lowest BCUT2D eigenvalue weighted by Crippen LogP contribution is -2.04. The molecule has 0 spiro atoms. The fraction of sp³-hybridized carbons (Fsp3) is 0. The van der Waals surface area contributed by atoms with Gasteiger partial charge < -0.3 is 4.40 Å². The number of para-hydroxylation sites is 2. The lowest BCUT2D eigenvalue weighted by atomic mass is 9.93. The predicted molar refractivity (Wildman–Crippen MR) is 217 cm³/mol. The average Bonchev–Trinajstić information content (AvgIpc) is 3.69. The van der Waals surface area contributed by atoms with Crippen molar-refractivity contribution in [3.63, 3.8) is 0 Å². The van der Waals surface area contributed by atoms with Crippen LogP contribution >= 0.6 is 0 Å². The van der Waals surface area contributed by atoms with Gasteiger partial charge in [0.15, 0.2) is 0 Å². The summed E-state index contributed by atoms with van der Waals surface area (Å²) in [6, 6.07) is 61.0. The minimum atomic E-state index is 0.657. The first-order valence-electron chi connectivity index (χ1n) is 17.8. The molecule has 0 radical (unpaired) electrons. The molecular weight excluding hydrogens is 633 g/mol. The Hall–Kier alpha value is -7.04. The second kappa shape index (κ2) is 10.3. The van der Waals surface area contributed by atoms with Crippen molar-refractivity contribution in [2.45, 2.75) is 0 Å². The summed E-state index contributed by atoms with van der Waals surface area (Å²) in [7, 11) is 0. The van der Waals surface area contributed by atoms with Crippen LogP contribution in [0.15, 0.2) is 170 Å². The Morgan fingerprint density at radius 2 is 0.962 bits per heavy atom. The molecule has 0 saturated heterocycles. The zero-order chi connectivity index (χ0) is 33.9. The molecule has 12 aromatic rings. The molecule has 0 amide bonds. The van der Waals surface area contributed by atoms with Gasteiger partial charge in [0.2, 0.25) is 5.95 Å². The first-order chi connectivity index (χ1) is 25.8. The molecule has 0 saturated carbocycles. The number of rotatable bonds is 3. The van der Waals surface area contributed by atoms with E-state index in [2.05, 4.69) is 179 Å². The van der Waals surface area contributed by atoms with Crippen molar-refractivity contribution < 1.29 is 0 Å². The second-order valence-corrected chi connectivity index (χ2v) is 13.7. The van der Waals surface area contributed by atoms with Crippen LogP contribution in [0.2, 0.25) is 0 Å². The predicted octanol–water partition coefficient (Wildman–Crippen LogP) is 12.4. The fourth-order valence-electron chi connectivity index (χ4n) is 8.93. The molecule has 0 N–H and O–H groups in total. The minimum Gasteiger partial charge on any atom is -0.308 e. The molecule has 4 heteroatoms. The van der Waals surface area contributed by atoms with Gasteiger partial charge in [-0.15, -0.1) is 0 Å². The van der Waals surface area contributed by atoms with Crippen LogP contribution < -0.4 is 0 Å². The van der Waals surface area contributed by atoms with E-state index in [-0.39, 0.29) is 0 Å². The molecule has 0 aliphatic carbocycles. The highest BCUT2D eigenvalue weighted by molar-refractivity contribution is 6.31. The Labute approximate surface area is 297 Å². The van der Waals surface area contributed by atoms with E-state index in [4.69, 9.17) is 9.97 Å². The van der Waals surface area contributed by atoms with Gasteiger partial charge in [-0.25, -0.2) is 9.97 Å². The van der Waals surface area contributed by atoms with Gasteiger partial charge in [-0.05, 0) is 52.1 Å². The Morgan fingerprint density at radius 3 is 1.79 bits per heavy atom. The SMILES string of the molecule is c1ccc(-c2nc(-n3c4cccc5c6cccc7c8ccccc8n(c8cccc3c8c54)c67)nc3c(-c4ccccc4)c4ccccc4cc23)cc1. The Kier molecular flexibility index (Phi) is 5.47. The summed E-state index contributed by atoms with van der Waals surface area (Å²) in [5, 5.41) is 10.8. The maximum atomic E-state index is 5.60. The van der Waals surface area contributed by atoms with Gasteiger partial charge in [-0.3, -0.25) is 4.57 Å². The van der Waals surface area contributed by atoms with E-state index >= 15 is 0 Å². The van der Waals surface area contributed by atoms with Crippen molar-refractivity contribution in [1.29, 1.82) is 0 Å². The van der Waals surface area contributed by atoms with E-state index in [1.807, 2.05) is 0 Å². The standard InChI is InChI=1S/C48H28N4/c1-3-14-29(15-4-1)42-32-19-8-7-18-31(32)28-37-45(30-16-5-2-6-17-30)49-48(50-46(37)42)52-39-25-12-21-34-36-23-11-22-35-33-20-9-10-24-38(33)51(47(35)36)40-26-13-27-41(52)44(40)43(34)39/h1-28H. The molecule has 0 unspecified atom stereocenters. The van der Waals surface area contributed by atoms with Gasteiger partial charge in [-0.2, -0.15) is 0 Å². The third-order valence-electron chi connectivity index (χ3n) is 11.0. The first-order valence-corrected chi connectivity index (χ1v) is 17.8. The Balaban J connectivity index is 1.30. The van der Waals surface area contributed by atoms with Gasteiger partial charge in [0.05, 0.1) is 38.8 Å². The monoisotopic (exact) mass is 660 g/mol. The number of nitrogens with zero attached hydrogens (tertiary/aromatic N) is 4. The molecule has 0 aliphatic rings. The van der Waals surface area contributed by atoms with Crippen molar-refractivity contribution in [1.82, 2.24) is 18.9 Å². The Bertz CT molecular complexity index is 3390. The minimum absolute atomic E-state index is 0.657. The highest BCUT2D eigenvalue weighted by Gasteiger charge is 2.24. The van der Waals surface area contributed by atoms with E-state index < -0.39 is 0 Å². The molecule has 4 aromatic heterocycles. The third kappa shape index (κ3) is 3.60. The summed E-state index contributed by atoms with van der Waals surface area (Å²) in [6.45, 7) is 0. The summed E-state index contributed by atoms with van der Waals surface area (Å²) in [5.74, 6) is 0.657. The molecule has 0 fully saturated rings. The van der Waals surface area contributed by atoms with Crippen molar-refractivity contribution in [2.24, 2.45) is 0 Å². The van der Waals surface area contributed by atoms with Crippen LogP contribution in [0.1, 0.15) is 0 Å². The number of aromatic nitrogens is 4. The molecule has 0 bridgehead atoms. The fourth-order valence-corrected chi connectivity index (χ4v) is 8.93. The van der Waals surface area contributed by atoms with Crippen LogP contribution in [-0.4, -0.2) is 18.9 Å². The first kappa shape index (κ1) is 27.7. The maximum Gasteiger partial charge on any atom is 0.235 e. The summed E-state index contributed by atoms with van der Waals surface area (Å²) >= 11 is 0. The number of hydrogen-bond acceptors (Lipinski definition) is 2. The lowest BCUT2D eigenvalue weighted by Gasteiger charge is -2.16. The van der Waals surface area contributed by atoms with Crippen LogP contribution in [0, 0.1) is 0 Å². The molecule has 12 rings (SSSR count). The summed E-state index contributed by atoms with van der Waals surface area (Å²) < 4.78 is 4.77. The average molecular weight is 661 g/mol. The van der Waals surface area contributed by atoms with Gasteiger partial charge in [0.25, 0.3) is 0 Å². The molecule has 52 heavy (non-hydrogen) atoms. The van der Waals surface area contributed by atoms with Gasteiger partial charge in [0.1, 0.15) is 0 Å². The molecule has 8 aromatic carbocycles. The van der Waals surface area contributed by atoms with Crippen LogP contribution in [0.5, 0.6) is 0 Å². The van der Waals surface area contributed by atoms with Gasteiger partial charge >= 0.3 is 0 Å². The molecule has 4 nitrogen and oxygen atoms in total. The highest BCUT2D eigenvalue weighted by atomic mass is 15.2. The van der Waals surface area contributed by atoms with E-state index in [1.165, 1.54) is 59.6 Å². The van der Waals surface area contributed by atoms with Crippen LogP contribution in [-0.2, 0) is 0 Å². The second-order valence-electron chi connectivity index (χ2n) is 13.7. The van der Waals surface area contributed by atoms with Crippen LogP contribution in [0.25, 0.3) is 110 Å².